The van der Waals surface area contributed by atoms with Gasteiger partial charge in [0.05, 0.1) is 16.7 Å². The fraction of sp³-hybridized carbons (Fsp3) is 0.222. The summed E-state index contributed by atoms with van der Waals surface area (Å²) in [6, 6.07) is 2.76. The highest BCUT2D eigenvalue weighted by Crippen LogP contribution is 2.36. The van der Waals surface area contributed by atoms with Crippen molar-refractivity contribution in [3.05, 3.63) is 29.1 Å². The first-order valence-corrected chi connectivity index (χ1v) is 4.51. The van der Waals surface area contributed by atoms with Crippen LogP contribution in [0.15, 0.2) is 12.1 Å². The number of phenols is 1. The number of rotatable bonds is 3. The van der Waals surface area contributed by atoms with Crippen molar-refractivity contribution in [2.24, 2.45) is 0 Å². The average Bonchev–Trinajstić information content (AvgIpc) is 2.02. The SMILES string of the molecule is [CH2]CCOc1c(Cl)cc(O)cc1Cl. The normalized spacial score (nSPS) is 10.1. The van der Waals surface area contributed by atoms with E-state index in [4.69, 9.17) is 33.0 Å². The van der Waals surface area contributed by atoms with E-state index in [1.165, 1.54) is 12.1 Å². The highest BCUT2D eigenvalue weighted by molar-refractivity contribution is 6.37. The lowest BCUT2D eigenvalue weighted by molar-refractivity contribution is 0.324. The summed E-state index contributed by atoms with van der Waals surface area (Å²) in [4.78, 5) is 0. The molecule has 0 unspecified atom stereocenters. The lowest BCUT2D eigenvalue weighted by atomic mass is 10.3. The Bertz CT molecular complexity index is 277. The number of phenolic OH excluding ortho intramolecular Hbond substituents is 1. The Morgan fingerprint density at radius 2 is 1.85 bits per heavy atom. The second-order valence-electron chi connectivity index (χ2n) is 2.44. The molecule has 1 radical (unpaired) electrons. The number of aromatic hydroxyl groups is 1. The van der Waals surface area contributed by atoms with Gasteiger partial charge in [0.1, 0.15) is 5.75 Å². The largest absolute Gasteiger partial charge is 0.508 e. The predicted octanol–water partition coefficient (Wildman–Crippen LogP) is 3.30. The Morgan fingerprint density at radius 3 is 2.31 bits per heavy atom. The van der Waals surface area contributed by atoms with Crippen LogP contribution < -0.4 is 4.74 Å². The van der Waals surface area contributed by atoms with Crippen LogP contribution in [0, 0.1) is 6.92 Å². The quantitative estimate of drug-likeness (QED) is 0.846. The van der Waals surface area contributed by atoms with Gasteiger partial charge in [-0.25, -0.2) is 0 Å². The molecule has 0 saturated carbocycles. The zero-order valence-corrected chi connectivity index (χ0v) is 8.40. The Morgan fingerprint density at radius 1 is 1.31 bits per heavy atom. The van der Waals surface area contributed by atoms with Gasteiger partial charge in [-0.2, -0.15) is 0 Å². The van der Waals surface area contributed by atoms with Crippen LogP contribution in [0.4, 0.5) is 0 Å². The van der Waals surface area contributed by atoms with E-state index in [0.717, 1.165) is 0 Å². The molecule has 0 aliphatic carbocycles. The van der Waals surface area contributed by atoms with E-state index in [-0.39, 0.29) is 5.75 Å². The van der Waals surface area contributed by atoms with E-state index in [0.29, 0.717) is 28.8 Å². The third-order valence-electron chi connectivity index (χ3n) is 1.37. The van der Waals surface area contributed by atoms with Crippen LogP contribution in [0.1, 0.15) is 6.42 Å². The Balaban J connectivity index is 2.92. The highest BCUT2D eigenvalue weighted by atomic mass is 35.5. The Hall–Kier alpha value is -0.600. The zero-order chi connectivity index (χ0) is 9.84. The van der Waals surface area contributed by atoms with Crippen molar-refractivity contribution in [1.82, 2.24) is 0 Å². The van der Waals surface area contributed by atoms with Crippen LogP contribution in [0.3, 0.4) is 0 Å². The van der Waals surface area contributed by atoms with Crippen LogP contribution in [-0.2, 0) is 0 Å². The fourth-order valence-corrected chi connectivity index (χ4v) is 1.44. The molecule has 0 bridgehead atoms. The Kier molecular flexibility index (Phi) is 3.70. The van der Waals surface area contributed by atoms with Crippen molar-refractivity contribution in [3.8, 4) is 11.5 Å². The van der Waals surface area contributed by atoms with Crippen LogP contribution in [-0.4, -0.2) is 11.7 Å². The number of hydrogen-bond acceptors (Lipinski definition) is 2. The second-order valence-corrected chi connectivity index (χ2v) is 3.25. The molecule has 71 valence electrons. The standard InChI is InChI=1S/C9H9Cl2O2/c1-2-3-13-9-7(10)4-6(12)5-8(9)11/h4-5,12H,1-3H2. The molecule has 1 aromatic rings. The van der Waals surface area contributed by atoms with Crippen molar-refractivity contribution in [1.29, 1.82) is 0 Å². The van der Waals surface area contributed by atoms with E-state index in [1.807, 2.05) is 0 Å². The molecule has 1 N–H and O–H groups in total. The summed E-state index contributed by atoms with van der Waals surface area (Å²) in [5.74, 6) is 0.418. The maximum Gasteiger partial charge on any atom is 0.156 e. The average molecular weight is 220 g/mol. The zero-order valence-electron chi connectivity index (χ0n) is 6.89. The first-order valence-electron chi connectivity index (χ1n) is 3.75. The molecular weight excluding hydrogens is 211 g/mol. The van der Waals surface area contributed by atoms with Crippen molar-refractivity contribution in [3.63, 3.8) is 0 Å². The van der Waals surface area contributed by atoms with Crippen LogP contribution in [0.25, 0.3) is 0 Å². The van der Waals surface area contributed by atoms with E-state index >= 15 is 0 Å². The molecule has 0 saturated heterocycles. The predicted molar refractivity (Wildman–Crippen MR) is 53.6 cm³/mol. The number of ether oxygens (including phenoxy) is 1. The minimum atomic E-state index is 0.0250. The van der Waals surface area contributed by atoms with Gasteiger partial charge in [0.2, 0.25) is 0 Å². The van der Waals surface area contributed by atoms with Gasteiger partial charge in [-0.05, 0) is 13.3 Å². The topological polar surface area (TPSA) is 29.5 Å². The molecule has 0 aromatic heterocycles. The van der Waals surface area contributed by atoms with Gasteiger partial charge < -0.3 is 9.84 Å². The summed E-state index contributed by atoms with van der Waals surface area (Å²) in [6.07, 6.45) is 0.632. The van der Waals surface area contributed by atoms with E-state index in [2.05, 4.69) is 6.92 Å². The fourth-order valence-electron chi connectivity index (χ4n) is 0.859. The third kappa shape index (κ3) is 2.68. The first kappa shape index (κ1) is 10.5. The van der Waals surface area contributed by atoms with Gasteiger partial charge in [0.25, 0.3) is 0 Å². The molecule has 13 heavy (non-hydrogen) atoms. The lowest BCUT2D eigenvalue weighted by Crippen LogP contribution is -1.96. The summed E-state index contributed by atoms with van der Waals surface area (Å²) in [7, 11) is 0. The van der Waals surface area contributed by atoms with Gasteiger partial charge >= 0.3 is 0 Å². The molecule has 0 spiro atoms. The molecule has 1 aromatic carbocycles. The highest BCUT2D eigenvalue weighted by Gasteiger charge is 2.08. The molecule has 1 rings (SSSR count). The number of halogens is 2. The van der Waals surface area contributed by atoms with Crippen LogP contribution in [0.2, 0.25) is 10.0 Å². The molecule has 0 amide bonds. The molecule has 0 atom stereocenters. The summed E-state index contributed by atoms with van der Waals surface area (Å²) >= 11 is 11.6. The lowest BCUT2D eigenvalue weighted by Gasteiger charge is -2.08. The van der Waals surface area contributed by atoms with Crippen molar-refractivity contribution < 1.29 is 9.84 Å². The molecule has 0 aliphatic rings. The molecular formula is C9H9Cl2O2. The maximum absolute atomic E-state index is 9.11. The van der Waals surface area contributed by atoms with Gasteiger partial charge in [-0.15, -0.1) is 0 Å². The molecule has 0 aliphatic heterocycles. The summed E-state index contributed by atoms with van der Waals surface area (Å²) in [5.41, 5.74) is 0. The minimum Gasteiger partial charge on any atom is -0.508 e. The second kappa shape index (κ2) is 4.58. The van der Waals surface area contributed by atoms with Crippen LogP contribution in [0.5, 0.6) is 11.5 Å². The summed E-state index contributed by atoms with van der Waals surface area (Å²) < 4.78 is 5.23. The van der Waals surface area contributed by atoms with Gasteiger partial charge in [-0.3, -0.25) is 0 Å². The minimum absolute atomic E-state index is 0.0250. The van der Waals surface area contributed by atoms with Gasteiger partial charge in [0.15, 0.2) is 5.75 Å². The van der Waals surface area contributed by atoms with E-state index < -0.39 is 0 Å². The van der Waals surface area contributed by atoms with E-state index in [9.17, 15) is 0 Å². The molecule has 0 heterocycles. The van der Waals surface area contributed by atoms with Gasteiger partial charge in [0, 0.05) is 12.1 Å². The Labute approximate surface area is 87.0 Å². The smallest absolute Gasteiger partial charge is 0.156 e. The number of hydrogen-bond donors (Lipinski definition) is 1. The van der Waals surface area contributed by atoms with Crippen LogP contribution >= 0.6 is 23.2 Å². The first-order chi connectivity index (χ1) is 6.15. The molecule has 4 heteroatoms. The monoisotopic (exact) mass is 219 g/mol. The van der Waals surface area contributed by atoms with Crippen molar-refractivity contribution >= 4 is 23.2 Å². The summed E-state index contributed by atoms with van der Waals surface area (Å²) in [5, 5.41) is 9.72. The van der Waals surface area contributed by atoms with Gasteiger partial charge in [-0.1, -0.05) is 23.2 Å². The third-order valence-corrected chi connectivity index (χ3v) is 1.94. The van der Waals surface area contributed by atoms with Crippen molar-refractivity contribution in [2.75, 3.05) is 6.61 Å². The maximum atomic E-state index is 9.11. The molecule has 2 nitrogen and oxygen atoms in total. The molecule has 0 fully saturated rings. The van der Waals surface area contributed by atoms with Crippen molar-refractivity contribution in [2.45, 2.75) is 6.42 Å². The van der Waals surface area contributed by atoms with E-state index in [1.54, 1.807) is 0 Å². The number of benzene rings is 1. The summed E-state index contributed by atoms with van der Waals surface area (Å²) in [6.45, 7) is 4.07.